The van der Waals surface area contributed by atoms with Gasteiger partial charge in [-0.1, -0.05) is 26.2 Å². The second-order valence-electron chi connectivity index (χ2n) is 5.00. The molecular formula is C14H21NO2S. The summed E-state index contributed by atoms with van der Waals surface area (Å²) < 4.78 is 0. The van der Waals surface area contributed by atoms with Gasteiger partial charge >= 0.3 is 5.97 Å². The highest BCUT2D eigenvalue weighted by atomic mass is 32.1. The van der Waals surface area contributed by atoms with Crippen LogP contribution in [0.5, 0.6) is 0 Å². The SMILES string of the molecule is CCc1nc(C2CCCCC2)sc1CCC(=O)O. The molecule has 1 heterocycles. The molecule has 3 nitrogen and oxygen atoms in total. The molecular weight excluding hydrogens is 246 g/mol. The molecule has 0 unspecified atom stereocenters. The van der Waals surface area contributed by atoms with Crippen molar-refractivity contribution in [1.29, 1.82) is 0 Å². The minimum atomic E-state index is -0.718. The van der Waals surface area contributed by atoms with E-state index in [1.54, 1.807) is 11.3 Å². The second kappa shape index (κ2) is 6.32. The predicted molar refractivity (Wildman–Crippen MR) is 73.3 cm³/mol. The Morgan fingerprint density at radius 1 is 1.39 bits per heavy atom. The van der Waals surface area contributed by atoms with Crippen molar-refractivity contribution in [2.75, 3.05) is 0 Å². The third-order valence-corrected chi connectivity index (χ3v) is 4.97. The molecule has 0 radical (unpaired) electrons. The van der Waals surface area contributed by atoms with Crippen LogP contribution in [-0.4, -0.2) is 16.1 Å². The first-order valence-corrected chi connectivity index (χ1v) is 7.72. The molecule has 18 heavy (non-hydrogen) atoms. The standard InChI is InChI=1S/C14H21NO2S/c1-2-11-12(8-9-13(16)17)18-14(15-11)10-6-4-3-5-7-10/h10H,2-9H2,1H3,(H,16,17). The maximum atomic E-state index is 10.7. The molecule has 0 aliphatic heterocycles. The van der Waals surface area contributed by atoms with Gasteiger partial charge in [-0.05, 0) is 25.7 Å². The van der Waals surface area contributed by atoms with E-state index in [1.165, 1.54) is 42.0 Å². The zero-order valence-corrected chi connectivity index (χ0v) is 11.8. The van der Waals surface area contributed by atoms with Crippen molar-refractivity contribution in [3.8, 4) is 0 Å². The van der Waals surface area contributed by atoms with Gasteiger partial charge < -0.3 is 5.11 Å². The van der Waals surface area contributed by atoms with Crippen LogP contribution in [0.3, 0.4) is 0 Å². The van der Waals surface area contributed by atoms with Gasteiger partial charge in [-0.25, -0.2) is 4.98 Å². The summed E-state index contributed by atoms with van der Waals surface area (Å²) in [5, 5.41) is 10.0. The van der Waals surface area contributed by atoms with E-state index < -0.39 is 5.97 Å². The molecule has 0 atom stereocenters. The molecule has 1 aromatic rings. The summed E-state index contributed by atoms with van der Waals surface area (Å²) in [6.07, 6.45) is 8.28. The minimum Gasteiger partial charge on any atom is -0.481 e. The summed E-state index contributed by atoms with van der Waals surface area (Å²) in [4.78, 5) is 16.6. The fraction of sp³-hybridized carbons (Fsp3) is 0.714. The molecule has 2 rings (SSSR count). The summed E-state index contributed by atoms with van der Waals surface area (Å²) in [5.41, 5.74) is 1.13. The van der Waals surface area contributed by atoms with Crippen LogP contribution in [0, 0.1) is 0 Å². The van der Waals surface area contributed by atoms with Crippen molar-refractivity contribution in [1.82, 2.24) is 4.98 Å². The molecule has 1 fully saturated rings. The fourth-order valence-corrected chi connectivity index (χ4v) is 3.94. The van der Waals surface area contributed by atoms with Crippen LogP contribution in [0.15, 0.2) is 0 Å². The van der Waals surface area contributed by atoms with E-state index in [4.69, 9.17) is 10.1 Å². The van der Waals surface area contributed by atoms with Gasteiger partial charge in [0.05, 0.1) is 17.1 Å². The van der Waals surface area contributed by atoms with Crippen molar-refractivity contribution >= 4 is 17.3 Å². The van der Waals surface area contributed by atoms with Gasteiger partial charge in [0, 0.05) is 10.8 Å². The van der Waals surface area contributed by atoms with Crippen LogP contribution in [0.1, 0.15) is 66.9 Å². The van der Waals surface area contributed by atoms with E-state index in [-0.39, 0.29) is 6.42 Å². The van der Waals surface area contributed by atoms with Crippen LogP contribution in [0.2, 0.25) is 0 Å². The third kappa shape index (κ3) is 3.31. The van der Waals surface area contributed by atoms with E-state index in [1.807, 2.05) is 0 Å². The van der Waals surface area contributed by atoms with Gasteiger partial charge in [-0.15, -0.1) is 11.3 Å². The lowest BCUT2D eigenvalue weighted by Crippen LogP contribution is -2.04. The van der Waals surface area contributed by atoms with E-state index in [9.17, 15) is 4.79 Å². The summed E-state index contributed by atoms with van der Waals surface area (Å²) in [5.74, 6) is -0.0858. The molecule has 0 bridgehead atoms. The normalized spacial score (nSPS) is 16.9. The maximum absolute atomic E-state index is 10.7. The molecule has 0 aromatic carbocycles. The highest BCUT2D eigenvalue weighted by Gasteiger charge is 2.21. The Kier molecular flexibility index (Phi) is 4.75. The number of thiazole rings is 1. The summed E-state index contributed by atoms with van der Waals surface area (Å²) in [6, 6.07) is 0. The Hall–Kier alpha value is -0.900. The topological polar surface area (TPSA) is 50.2 Å². The largest absolute Gasteiger partial charge is 0.481 e. The number of aliphatic carboxylic acids is 1. The average molecular weight is 267 g/mol. The van der Waals surface area contributed by atoms with Crippen LogP contribution in [-0.2, 0) is 17.6 Å². The Balaban J connectivity index is 2.09. The third-order valence-electron chi connectivity index (χ3n) is 3.65. The maximum Gasteiger partial charge on any atom is 0.303 e. The lowest BCUT2D eigenvalue weighted by atomic mass is 9.90. The van der Waals surface area contributed by atoms with Gasteiger partial charge in [0.2, 0.25) is 0 Å². The smallest absolute Gasteiger partial charge is 0.303 e. The number of hydrogen-bond donors (Lipinski definition) is 1. The van der Waals surface area contributed by atoms with Crippen LogP contribution >= 0.6 is 11.3 Å². The summed E-state index contributed by atoms with van der Waals surface area (Å²) in [7, 11) is 0. The fourth-order valence-electron chi connectivity index (χ4n) is 2.62. The monoisotopic (exact) mass is 267 g/mol. The first-order chi connectivity index (χ1) is 8.70. The van der Waals surface area contributed by atoms with Crippen LogP contribution in [0.4, 0.5) is 0 Å². The van der Waals surface area contributed by atoms with Crippen molar-refractivity contribution in [3.63, 3.8) is 0 Å². The minimum absolute atomic E-state index is 0.222. The number of nitrogens with zero attached hydrogens (tertiary/aromatic N) is 1. The zero-order chi connectivity index (χ0) is 13.0. The van der Waals surface area contributed by atoms with Gasteiger partial charge in [0.15, 0.2) is 0 Å². The molecule has 0 saturated heterocycles. The van der Waals surface area contributed by atoms with Crippen LogP contribution in [0.25, 0.3) is 0 Å². The number of aryl methyl sites for hydroxylation is 2. The van der Waals surface area contributed by atoms with E-state index in [2.05, 4.69) is 6.92 Å². The van der Waals surface area contributed by atoms with E-state index in [0.717, 1.165) is 12.1 Å². The molecule has 1 N–H and O–H groups in total. The number of carbonyl (C=O) groups is 1. The van der Waals surface area contributed by atoms with Gasteiger partial charge in [-0.2, -0.15) is 0 Å². The molecule has 0 amide bonds. The van der Waals surface area contributed by atoms with E-state index >= 15 is 0 Å². The van der Waals surface area contributed by atoms with Crippen molar-refractivity contribution < 1.29 is 9.90 Å². The van der Waals surface area contributed by atoms with Gasteiger partial charge in [0.25, 0.3) is 0 Å². The number of rotatable bonds is 5. The molecule has 1 saturated carbocycles. The lowest BCUT2D eigenvalue weighted by Gasteiger charge is -2.18. The Labute approximate surface area is 112 Å². The Morgan fingerprint density at radius 3 is 2.72 bits per heavy atom. The van der Waals surface area contributed by atoms with Crippen molar-refractivity contribution in [3.05, 3.63) is 15.6 Å². The molecule has 4 heteroatoms. The number of aromatic nitrogens is 1. The highest BCUT2D eigenvalue weighted by Crippen LogP contribution is 2.36. The lowest BCUT2D eigenvalue weighted by molar-refractivity contribution is -0.136. The molecule has 1 aromatic heterocycles. The average Bonchev–Trinajstić information content (AvgIpc) is 2.80. The van der Waals surface area contributed by atoms with Crippen molar-refractivity contribution in [2.45, 2.75) is 64.2 Å². The molecule has 1 aliphatic rings. The van der Waals surface area contributed by atoms with Gasteiger partial charge in [-0.3, -0.25) is 4.79 Å². The Morgan fingerprint density at radius 2 is 2.11 bits per heavy atom. The highest BCUT2D eigenvalue weighted by molar-refractivity contribution is 7.11. The number of hydrogen-bond acceptors (Lipinski definition) is 3. The number of carboxylic acids is 1. The number of carboxylic acid groups (broad SMARTS) is 1. The predicted octanol–water partition coefficient (Wildman–Crippen LogP) is 3.77. The molecule has 0 spiro atoms. The van der Waals surface area contributed by atoms with E-state index in [0.29, 0.717) is 12.3 Å². The zero-order valence-electron chi connectivity index (χ0n) is 10.9. The quantitative estimate of drug-likeness (QED) is 0.883. The first-order valence-electron chi connectivity index (χ1n) is 6.91. The molecule has 1 aliphatic carbocycles. The summed E-state index contributed by atoms with van der Waals surface area (Å²) in [6.45, 7) is 2.10. The second-order valence-corrected chi connectivity index (χ2v) is 6.12. The first kappa shape index (κ1) is 13.5. The Bertz CT molecular complexity index is 408. The van der Waals surface area contributed by atoms with Gasteiger partial charge in [0.1, 0.15) is 0 Å². The molecule has 100 valence electrons. The van der Waals surface area contributed by atoms with Crippen LogP contribution < -0.4 is 0 Å². The summed E-state index contributed by atoms with van der Waals surface area (Å²) >= 11 is 1.76. The van der Waals surface area contributed by atoms with Crippen molar-refractivity contribution in [2.24, 2.45) is 0 Å².